The first-order chi connectivity index (χ1) is 9.47. The van der Waals surface area contributed by atoms with Crippen LogP contribution in [-0.4, -0.2) is 5.91 Å². The maximum atomic E-state index is 12.2. The standard InChI is InChI=1S/C17H20N2O/c1-11(2)13-5-4-6-15(10-13)19-17(20)14-7-8-16(18)12(3)9-14/h4-11H,18H2,1-3H3,(H,19,20). The lowest BCUT2D eigenvalue weighted by Crippen LogP contribution is -2.12. The van der Waals surface area contributed by atoms with Crippen LogP contribution in [0.1, 0.15) is 41.3 Å². The van der Waals surface area contributed by atoms with E-state index in [-0.39, 0.29) is 5.91 Å². The van der Waals surface area contributed by atoms with Gasteiger partial charge in [0.15, 0.2) is 0 Å². The van der Waals surface area contributed by atoms with E-state index in [1.165, 1.54) is 5.56 Å². The van der Waals surface area contributed by atoms with Crippen LogP contribution in [0.25, 0.3) is 0 Å². The number of rotatable bonds is 3. The molecule has 2 aromatic rings. The Morgan fingerprint density at radius 1 is 1.15 bits per heavy atom. The highest BCUT2D eigenvalue weighted by atomic mass is 16.1. The predicted octanol–water partition coefficient (Wildman–Crippen LogP) is 3.95. The first kappa shape index (κ1) is 14.1. The number of carbonyl (C=O) groups is 1. The Balaban J connectivity index is 2.19. The molecular formula is C17H20N2O. The van der Waals surface area contributed by atoms with Gasteiger partial charge in [0.25, 0.3) is 5.91 Å². The van der Waals surface area contributed by atoms with Gasteiger partial charge < -0.3 is 11.1 Å². The molecule has 3 nitrogen and oxygen atoms in total. The number of hydrogen-bond donors (Lipinski definition) is 2. The lowest BCUT2D eigenvalue weighted by atomic mass is 10.0. The van der Waals surface area contributed by atoms with Crippen molar-refractivity contribution in [3.05, 3.63) is 59.2 Å². The van der Waals surface area contributed by atoms with Gasteiger partial charge in [-0.1, -0.05) is 26.0 Å². The fourth-order valence-electron chi connectivity index (χ4n) is 2.00. The summed E-state index contributed by atoms with van der Waals surface area (Å²) in [6.45, 7) is 6.15. The quantitative estimate of drug-likeness (QED) is 0.828. The van der Waals surface area contributed by atoms with Gasteiger partial charge in [-0.25, -0.2) is 0 Å². The zero-order valence-corrected chi connectivity index (χ0v) is 12.1. The molecule has 0 saturated carbocycles. The Morgan fingerprint density at radius 3 is 2.55 bits per heavy atom. The van der Waals surface area contributed by atoms with Gasteiger partial charge in [-0.2, -0.15) is 0 Å². The van der Waals surface area contributed by atoms with E-state index >= 15 is 0 Å². The van der Waals surface area contributed by atoms with Gasteiger partial charge in [0, 0.05) is 16.9 Å². The average molecular weight is 268 g/mol. The Morgan fingerprint density at radius 2 is 1.90 bits per heavy atom. The van der Waals surface area contributed by atoms with E-state index in [0.29, 0.717) is 17.2 Å². The highest BCUT2D eigenvalue weighted by Gasteiger charge is 2.08. The largest absolute Gasteiger partial charge is 0.399 e. The van der Waals surface area contributed by atoms with Crippen molar-refractivity contribution in [2.45, 2.75) is 26.7 Å². The second kappa shape index (κ2) is 5.78. The number of nitrogen functional groups attached to an aromatic ring is 1. The molecule has 0 aliphatic carbocycles. The molecule has 0 atom stereocenters. The summed E-state index contributed by atoms with van der Waals surface area (Å²) in [5, 5.41) is 2.92. The van der Waals surface area contributed by atoms with E-state index in [9.17, 15) is 4.79 Å². The van der Waals surface area contributed by atoms with Crippen LogP contribution in [0, 0.1) is 6.92 Å². The average Bonchev–Trinajstić information content (AvgIpc) is 2.42. The summed E-state index contributed by atoms with van der Waals surface area (Å²) in [4.78, 5) is 12.2. The van der Waals surface area contributed by atoms with E-state index in [2.05, 4.69) is 25.2 Å². The van der Waals surface area contributed by atoms with Crippen molar-refractivity contribution in [2.75, 3.05) is 11.1 Å². The predicted molar refractivity (Wildman–Crippen MR) is 84.1 cm³/mol. The van der Waals surface area contributed by atoms with Crippen molar-refractivity contribution in [3.8, 4) is 0 Å². The molecule has 3 heteroatoms. The molecule has 0 radical (unpaired) electrons. The molecule has 0 spiro atoms. The Kier molecular flexibility index (Phi) is 4.08. The van der Waals surface area contributed by atoms with Crippen LogP contribution in [0.2, 0.25) is 0 Å². The number of aryl methyl sites for hydroxylation is 1. The highest BCUT2D eigenvalue weighted by Crippen LogP contribution is 2.19. The molecule has 0 saturated heterocycles. The van der Waals surface area contributed by atoms with Gasteiger partial charge in [0.2, 0.25) is 0 Å². The minimum Gasteiger partial charge on any atom is -0.399 e. The number of nitrogens with two attached hydrogens (primary N) is 1. The molecule has 0 aromatic heterocycles. The Labute approximate surface area is 119 Å². The van der Waals surface area contributed by atoms with E-state index < -0.39 is 0 Å². The zero-order chi connectivity index (χ0) is 14.7. The summed E-state index contributed by atoms with van der Waals surface area (Å²) in [5.74, 6) is 0.319. The first-order valence-corrected chi connectivity index (χ1v) is 6.75. The zero-order valence-electron chi connectivity index (χ0n) is 12.1. The first-order valence-electron chi connectivity index (χ1n) is 6.75. The van der Waals surface area contributed by atoms with Crippen molar-refractivity contribution in [3.63, 3.8) is 0 Å². The molecule has 0 aliphatic rings. The minimum absolute atomic E-state index is 0.117. The maximum Gasteiger partial charge on any atom is 0.255 e. The molecule has 0 heterocycles. The maximum absolute atomic E-state index is 12.2. The van der Waals surface area contributed by atoms with Crippen molar-refractivity contribution >= 4 is 17.3 Å². The third-order valence-corrected chi connectivity index (χ3v) is 3.34. The number of anilines is 2. The summed E-state index contributed by atoms with van der Waals surface area (Å²) in [6.07, 6.45) is 0. The molecule has 2 rings (SSSR count). The molecule has 2 aromatic carbocycles. The second-order valence-corrected chi connectivity index (χ2v) is 5.31. The van der Waals surface area contributed by atoms with E-state index in [1.807, 2.05) is 25.1 Å². The third-order valence-electron chi connectivity index (χ3n) is 3.34. The highest BCUT2D eigenvalue weighted by molar-refractivity contribution is 6.04. The fraction of sp³-hybridized carbons (Fsp3) is 0.235. The Bertz CT molecular complexity index is 633. The molecule has 0 bridgehead atoms. The molecule has 3 N–H and O–H groups in total. The van der Waals surface area contributed by atoms with Crippen LogP contribution in [-0.2, 0) is 0 Å². The van der Waals surface area contributed by atoms with Crippen molar-refractivity contribution in [1.29, 1.82) is 0 Å². The van der Waals surface area contributed by atoms with Gasteiger partial charge in [-0.15, -0.1) is 0 Å². The third kappa shape index (κ3) is 3.18. The number of nitrogens with one attached hydrogen (secondary N) is 1. The van der Waals surface area contributed by atoms with Crippen LogP contribution < -0.4 is 11.1 Å². The van der Waals surface area contributed by atoms with E-state index in [1.54, 1.807) is 18.2 Å². The van der Waals surface area contributed by atoms with Crippen LogP contribution in [0.3, 0.4) is 0 Å². The van der Waals surface area contributed by atoms with Gasteiger partial charge >= 0.3 is 0 Å². The van der Waals surface area contributed by atoms with Gasteiger partial charge in [0.05, 0.1) is 0 Å². The smallest absolute Gasteiger partial charge is 0.255 e. The minimum atomic E-state index is -0.117. The summed E-state index contributed by atoms with van der Waals surface area (Å²) < 4.78 is 0. The molecule has 0 fully saturated rings. The lowest BCUT2D eigenvalue weighted by Gasteiger charge is -2.10. The summed E-state index contributed by atoms with van der Waals surface area (Å²) in [7, 11) is 0. The van der Waals surface area contributed by atoms with Gasteiger partial charge in [-0.05, 0) is 54.3 Å². The molecule has 1 amide bonds. The topological polar surface area (TPSA) is 55.1 Å². The van der Waals surface area contributed by atoms with Crippen molar-refractivity contribution < 1.29 is 4.79 Å². The SMILES string of the molecule is Cc1cc(C(=O)Nc2cccc(C(C)C)c2)ccc1N. The monoisotopic (exact) mass is 268 g/mol. The molecule has 0 unspecified atom stereocenters. The summed E-state index contributed by atoms with van der Waals surface area (Å²) in [6, 6.07) is 13.2. The van der Waals surface area contributed by atoms with Crippen LogP contribution in [0.15, 0.2) is 42.5 Å². The van der Waals surface area contributed by atoms with Gasteiger partial charge in [-0.3, -0.25) is 4.79 Å². The molecule has 20 heavy (non-hydrogen) atoms. The number of benzene rings is 2. The van der Waals surface area contributed by atoms with Crippen molar-refractivity contribution in [2.24, 2.45) is 0 Å². The van der Waals surface area contributed by atoms with E-state index in [4.69, 9.17) is 5.73 Å². The van der Waals surface area contributed by atoms with Gasteiger partial charge in [0.1, 0.15) is 0 Å². The summed E-state index contributed by atoms with van der Waals surface area (Å²) in [5.41, 5.74) is 10.0. The fourth-order valence-corrected chi connectivity index (χ4v) is 2.00. The molecular weight excluding hydrogens is 248 g/mol. The number of hydrogen-bond acceptors (Lipinski definition) is 2. The lowest BCUT2D eigenvalue weighted by molar-refractivity contribution is 0.102. The second-order valence-electron chi connectivity index (χ2n) is 5.31. The van der Waals surface area contributed by atoms with Crippen LogP contribution in [0.5, 0.6) is 0 Å². The normalized spacial score (nSPS) is 10.6. The van der Waals surface area contributed by atoms with Crippen LogP contribution >= 0.6 is 0 Å². The number of carbonyl (C=O) groups excluding carboxylic acids is 1. The molecule has 104 valence electrons. The van der Waals surface area contributed by atoms with E-state index in [0.717, 1.165) is 11.3 Å². The Hall–Kier alpha value is -2.29. The van der Waals surface area contributed by atoms with Crippen molar-refractivity contribution in [1.82, 2.24) is 0 Å². The van der Waals surface area contributed by atoms with Crippen LogP contribution in [0.4, 0.5) is 11.4 Å². The number of amides is 1. The summed E-state index contributed by atoms with van der Waals surface area (Å²) >= 11 is 0. The molecule has 0 aliphatic heterocycles.